The summed E-state index contributed by atoms with van der Waals surface area (Å²) in [7, 11) is -2.51. The van der Waals surface area contributed by atoms with Crippen molar-refractivity contribution in [3.8, 4) is 0 Å². The second-order valence-corrected chi connectivity index (χ2v) is 7.97. The molecular formula is C17H18BrNO4S. The molecule has 0 amide bonds. The molecule has 0 saturated heterocycles. The molecule has 2 aromatic rings. The van der Waals surface area contributed by atoms with Crippen LogP contribution in [-0.4, -0.2) is 28.0 Å². The van der Waals surface area contributed by atoms with Crippen molar-refractivity contribution in [2.75, 3.05) is 18.0 Å². The second kappa shape index (κ2) is 7.81. The first-order valence-electron chi connectivity index (χ1n) is 7.26. The second-order valence-electron chi connectivity index (χ2n) is 5.20. The summed E-state index contributed by atoms with van der Waals surface area (Å²) < 4.78 is 32.6. The number of nitrogens with zero attached hydrogens (tertiary/aromatic N) is 1. The molecule has 0 radical (unpaired) electrons. The summed E-state index contributed by atoms with van der Waals surface area (Å²) in [6.45, 7) is 1.89. The number of aryl methyl sites for hydroxylation is 1. The van der Waals surface area contributed by atoms with Gasteiger partial charge in [-0.25, -0.2) is 8.42 Å². The van der Waals surface area contributed by atoms with Crippen LogP contribution in [0.25, 0.3) is 0 Å². The highest BCUT2D eigenvalue weighted by atomic mass is 79.9. The van der Waals surface area contributed by atoms with Crippen molar-refractivity contribution in [2.45, 2.75) is 18.2 Å². The van der Waals surface area contributed by atoms with Crippen LogP contribution in [0.4, 0.5) is 5.69 Å². The molecule has 0 heterocycles. The van der Waals surface area contributed by atoms with E-state index in [1.807, 2.05) is 6.92 Å². The van der Waals surface area contributed by atoms with E-state index in [4.69, 9.17) is 0 Å². The molecule has 5 nitrogen and oxygen atoms in total. The van der Waals surface area contributed by atoms with E-state index in [2.05, 4.69) is 20.7 Å². The van der Waals surface area contributed by atoms with Crippen LogP contribution in [0.5, 0.6) is 0 Å². The number of benzene rings is 2. The molecule has 0 aliphatic carbocycles. The molecule has 0 N–H and O–H groups in total. The molecule has 0 saturated carbocycles. The Hall–Kier alpha value is -1.86. The van der Waals surface area contributed by atoms with E-state index in [0.717, 1.165) is 10.0 Å². The van der Waals surface area contributed by atoms with Gasteiger partial charge in [-0.05, 0) is 37.3 Å². The third-order valence-electron chi connectivity index (χ3n) is 3.45. The molecule has 0 bridgehead atoms. The smallest absolute Gasteiger partial charge is 0.307 e. The van der Waals surface area contributed by atoms with Gasteiger partial charge in [0.2, 0.25) is 0 Å². The third kappa shape index (κ3) is 4.36. The molecule has 2 aromatic carbocycles. The number of ether oxygens (including phenoxy) is 1. The number of methoxy groups -OCH3 is 1. The van der Waals surface area contributed by atoms with Crippen LogP contribution in [-0.2, 0) is 19.6 Å². The quantitative estimate of drug-likeness (QED) is 0.682. The van der Waals surface area contributed by atoms with Crippen LogP contribution in [0.3, 0.4) is 0 Å². The lowest BCUT2D eigenvalue weighted by molar-refractivity contribution is -0.140. The average Bonchev–Trinajstić information content (AvgIpc) is 2.55. The molecule has 7 heteroatoms. The van der Waals surface area contributed by atoms with E-state index in [0.29, 0.717) is 5.69 Å². The highest BCUT2D eigenvalue weighted by Gasteiger charge is 2.25. The molecule has 2 rings (SSSR count). The summed E-state index contributed by atoms with van der Waals surface area (Å²) in [5.74, 6) is -0.464. The van der Waals surface area contributed by atoms with Gasteiger partial charge >= 0.3 is 5.97 Å². The van der Waals surface area contributed by atoms with Gasteiger partial charge in [-0.2, -0.15) is 0 Å². The standard InChI is InChI=1S/C17H18BrNO4S/c1-13-6-8-16(9-7-13)24(21,22)19(11-10-17(20)23-2)15-5-3-4-14(18)12-15/h3-9,12H,10-11H2,1-2H3. The predicted octanol–water partition coefficient (Wildman–Crippen LogP) is 3.52. The van der Waals surface area contributed by atoms with Crippen molar-refractivity contribution in [3.05, 3.63) is 58.6 Å². The summed E-state index contributed by atoms with van der Waals surface area (Å²) >= 11 is 3.34. The maximum Gasteiger partial charge on any atom is 0.307 e. The number of esters is 1. The maximum atomic E-state index is 13.0. The lowest BCUT2D eigenvalue weighted by atomic mass is 10.2. The first-order valence-corrected chi connectivity index (χ1v) is 9.49. The van der Waals surface area contributed by atoms with E-state index >= 15 is 0 Å². The summed E-state index contributed by atoms with van der Waals surface area (Å²) in [6, 6.07) is 13.5. The third-order valence-corrected chi connectivity index (χ3v) is 5.79. The van der Waals surface area contributed by atoms with Crippen molar-refractivity contribution in [3.63, 3.8) is 0 Å². The van der Waals surface area contributed by atoms with E-state index < -0.39 is 16.0 Å². The van der Waals surface area contributed by atoms with E-state index in [9.17, 15) is 13.2 Å². The number of carbonyl (C=O) groups excluding carboxylic acids is 1. The Morgan fingerprint density at radius 3 is 2.42 bits per heavy atom. The number of hydrogen-bond donors (Lipinski definition) is 0. The zero-order valence-corrected chi connectivity index (χ0v) is 15.8. The van der Waals surface area contributed by atoms with E-state index in [-0.39, 0.29) is 17.9 Å². The fraction of sp³-hybridized carbons (Fsp3) is 0.235. The summed E-state index contributed by atoms with van der Waals surface area (Å²) in [5, 5.41) is 0. The minimum Gasteiger partial charge on any atom is -0.469 e. The number of hydrogen-bond acceptors (Lipinski definition) is 4. The molecular weight excluding hydrogens is 394 g/mol. The predicted molar refractivity (Wildman–Crippen MR) is 96.5 cm³/mol. The molecule has 0 aliphatic heterocycles. The number of carbonyl (C=O) groups is 1. The first kappa shape index (κ1) is 18.5. The lowest BCUT2D eigenvalue weighted by Gasteiger charge is -2.24. The zero-order valence-electron chi connectivity index (χ0n) is 13.4. The SMILES string of the molecule is COC(=O)CCN(c1cccc(Br)c1)S(=O)(=O)c1ccc(C)cc1. The van der Waals surface area contributed by atoms with Gasteiger partial charge in [0.15, 0.2) is 0 Å². The molecule has 0 atom stereocenters. The van der Waals surface area contributed by atoms with Crippen molar-refractivity contribution < 1.29 is 17.9 Å². The first-order chi connectivity index (χ1) is 11.3. The van der Waals surface area contributed by atoms with Gasteiger partial charge in [-0.15, -0.1) is 0 Å². The van der Waals surface area contributed by atoms with Crippen LogP contribution < -0.4 is 4.31 Å². The Morgan fingerprint density at radius 2 is 1.83 bits per heavy atom. The summed E-state index contributed by atoms with van der Waals surface area (Å²) in [5.41, 5.74) is 1.45. The summed E-state index contributed by atoms with van der Waals surface area (Å²) in [6.07, 6.45) is -0.0336. The lowest BCUT2D eigenvalue weighted by Crippen LogP contribution is -2.33. The van der Waals surface area contributed by atoms with Crippen LogP contribution in [0.1, 0.15) is 12.0 Å². The van der Waals surface area contributed by atoms with Gasteiger partial charge < -0.3 is 4.74 Å². The van der Waals surface area contributed by atoms with E-state index in [1.54, 1.807) is 48.5 Å². The van der Waals surface area contributed by atoms with Crippen molar-refractivity contribution in [1.29, 1.82) is 0 Å². The Kier molecular flexibility index (Phi) is 6.01. The molecule has 0 aliphatic rings. The van der Waals surface area contributed by atoms with Crippen molar-refractivity contribution in [2.24, 2.45) is 0 Å². The maximum absolute atomic E-state index is 13.0. The van der Waals surface area contributed by atoms with Crippen LogP contribution >= 0.6 is 15.9 Å². The van der Waals surface area contributed by atoms with Gasteiger partial charge in [0, 0.05) is 11.0 Å². The fourth-order valence-electron chi connectivity index (χ4n) is 2.15. The molecule has 24 heavy (non-hydrogen) atoms. The van der Waals surface area contributed by atoms with Gasteiger partial charge in [-0.1, -0.05) is 39.7 Å². The van der Waals surface area contributed by atoms with Gasteiger partial charge in [0.05, 0.1) is 24.1 Å². The highest BCUT2D eigenvalue weighted by Crippen LogP contribution is 2.26. The largest absolute Gasteiger partial charge is 0.469 e. The zero-order chi connectivity index (χ0) is 17.7. The Balaban J connectivity index is 2.44. The monoisotopic (exact) mass is 411 g/mol. The Morgan fingerprint density at radius 1 is 1.17 bits per heavy atom. The fourth-order valence-corrected chi connectivity index (χ4v) is 4.00. The topological polar surface area (TPSA) is 63.7 Å². The molecule has 128 valence electrons. The minimum absolute atomic E-state index is 0.000658. The average molecular weight is 412 g/mol. The molecule has 0 spiro atoms. The van der Waals surface area contributed by atoms with Gasteiger partial charge in [0.1, 0.15) is 0 Å². The Bertz CT molecular complexity index is 819. The van der Waals surface area contributed by atoms with Crippen LogP contribution in [0, 0.1) is 6.92 Å². The number of anilines is 1. The number of sulfonamides is 1. The van der Waals surface area contributed by atoms with Crippen LogP contribution in [0.15, 0.2) is 57.9 Å². The van der Waals surface area contributed by atoms with Crippen LogP contribution in [0.2, 0.25) is 0 Å². The summed E-state index contributed by atoms with van der Waals surface area (Å²) in [4.78, 5) is 11.6. The molecule has 0 fully saturated rings. The van der Waals surface area contributed by atoms with Gasteiger partial charge in [-0.3, -0.25) is 9.10 Å². The normalized spacial score (nSPS) is 11.1. The number of halogens is 1. The molecule has 0 unspecified atom stereocenters. The van der Waals surface area contributed by atoms with Crippen molar-refractivity contribution >= 4 is 37.6 Å². The Labute approximate surface area is 150 Å². The highest BCUT2D eigenvalue weighted by molar-refractivity contribution is 9.10. The minimum atomic E-state index is -3.79. The van der Waals surface area contributed by atoms with Crippen molar-refractivity contribution in [1.82, 2.24) is 0 Å². The van der Waals surface area contributed by atoms with Gasteiger partial charge in [0.25, 0.3) is 10.0 Å². The van der Waals surface area contributed by atoms with E-state index in [1.165, 1.54) is 11.4 Å². The molecule has 0 aromatic heterocycles. The number of rotatable bonds is 6.